The Bertz CT molecular complexity index is 502. The monoisotopic (exact) mass is 290 g/mol. The van der Waals surface area contributed by atoms with E-state index in [9.17, 15) is 15.0 Å². The van der Waals surface area contributed by atoms with Gasteiger partial charge in [-0.15, -0.1) is 0 Å². The molecule has 0 aromatic heterocycles. The lowest BCUT2D eigenvalue weighted by molar-refractivity contribution is 0.0711. The Morgan fingerprint density at radius 3 is 2.48 bits per heavy atom. The maximum Gasteiger partial charge on any atom is 0.261 e. The minimum atomic E-state index is -0.263. The van der Waals surface area contributed by atoms with E-state index in [-0.39, 0.29) is 29.0 Å². The van der Waals surface area contributed by atoms with E-state index < -0.39 is 0 Å². The second kappa shape index (κ2) is 5.93. The quantitative estimate of drug-likeness (QED) is 0.791. The van der Waals surface area contributed by atoms with Crippen molar-refractivity contribution in [2.75, 3.05) is 13.1 Å². The number of nitrogens with zero attached hydrogens (tertiary/aromatic N) is 1. The lowest BCUT2D eigenvalue weighted by atomic mass is 10.0. The fourth-order valence-corrected chi connectivity index (χ4v) is 2.99. The average molecular weight is 290 g/mol. The number of phenolic OH excluding ortho intramolecular Hbond substituents is 2. The predicted molar refractivity (Wildman–Crippen MR) is 79.5 cm³/mol. The van der Waals surface area contributed by atoms with Gasteiger partial charge in [0.15, 0.2) is 0 Å². The summed E-state index contributed by atoms with van der Waals surface area (Å²) in [5.41, 5.74) is 0.0280. The van der Waals surface area contributed by atoms with Crippen molar-refractivity contribution in [2.45, 2.75) is 44.2 Å². The van der Waals surface area contributed by atoms with Crippen molar-refractivity contribution in [1.82, 2.24) is 10.2 Å². The van der Waals surface area contributed by atoms with Crippen LogP contribution < -0.4 is 5.32 Å². The van der Waals surface area contributed by atoms with Crippen LogP contribution in [-0.2, 0) is 0 Å². The number of aromatic hydroxyl groups is 2. The van der Waals surface area contributed by atoms with Gasteiger partial charge in [0.05, 0.1) is 0 Å². The molecule has 3 rings (SSSR count). The summed E-state index contributed by atoms with van der Waals surface area (Å²) in [5, 5.41) is 23.2. The van der Waals surface area contributed by atoms with Crippen molar-refractivity contribution in [3.8, 4) is 11.5 Å². The Balaban J connectivity index is 1.78. The highest BCUT2D eigenvalue weighted by Crippen LogP contribution is 2.33. The highest BCUT2D eigenvalue weighted by atomic mass is 16.3. The number of carbonyl (C=O) groups is 1. The third kappa shape index (κ3) is 3.13. The van der Waals surface area contributed by atoms with Crippen LogP contribution in [0.25, 0.3) is 0 Å². The molecule has 1 unspecified atom stereocenters. The van der Waals surface area contributed by atoms with Gasteiger partial charge < -0.3 is 20.4 Å². The van der Waals surface area contributed by atoms with Crippen molar-refractivity contribution in [1.29, 1.82) is 0 Å². The van der Waals surface area contributed by atoms with E-state index in [0.717, 1.165) is 25.8 Å². The normalized spacial score (nSPS) is 22.0. The topological polar surface area (TPSA) is 72.8 Å². The zero-order valence-corrected chi connectivity index (χ0v) is 12.1. The molecular weight excluding hydrogens is 268 g/mol. The van der Waals surface area contributed by atoms with Gasteiger partial charge in [-0.25, -0.2) is 0 Å². The van der Waals surface area contributed by atoms with Crippen molar-refractivity contribution in [3.63, 3.8) is 0 Å². The minimum Gasteiger partial charge on any atom is -0.507 e. The van der Waals surface area contributed by atoms with Crippen LogP contribution in [0.4, 0.5) is 0 Å². The first-order valence-electron chi connectivity index (χ1n) is 7.72. The summed E-state index contributed by atoms with van der Waals surface area (Å²) in [6.07, 6.45) is 5.46. The molecule has 5 heteroatoms. The van der Waals surface area contributed by atoms with Gasteiger partial charge in [0.25, 0.3) is 5.91 Å². The van der Waals surface area contributed by atoms with Crippen LogP contribution in [0.5, 0.6) is 11.5 Å². The second-order valence-corrected chi connectivity index (χ2v) is 6.01. The summed E-state index contributed by atoms with van der Waals surface area (Å²) in [6.45, 7) is 1.65. The van der Waals surface area contributed by atoms with Gasteiger partial charge in [-0.1, -0.05) is 12.5 Å². The molecule has 0 spiro atoms. The molecule has 114 valence electrons. The largest absolute Gasteiger partial charge is 0.507 e. The zero-order valence-electron chi connectivity index (χ0n) is 12.1. The first-order valence-corrected chi connectivity index (χ1v) is 7.72. The average Bonchev–Trinajstić information content (AvgIpc) is 3.30. The standard InChI is InChI=1S/C16H22N2O3/c19-13-5-3-6-14(20)15(13)16(21)18(12-7-8-12)10-11-4-1-2-9-17-11/h3,5-6,11-12,17,19-20H,1-2,4,7-10H2. The zero-order chi connectivity index (χ0) is 14.8. The Kier molecular flexibility index (Phi) is 4.01. The van der Waals surface area contributed by atoms with Crippen molar-refractivity contribution in [3.05, 3.63) is 23.8 Å². The number of phenols is 2. The Morgan fingerprint density at radius 1 is 1.19 bits per heavy atom. The molecule has 2 aliphatic rings. The maximum atomic E-state index is 12.7. The van der Waals surface area contributed by atoms with Gasteiger partial charge >= 0.3 is 0 Å². The molecule has 3 N–H and O–H groups in total. The van der Waals surface area contributed by atoms with Gasteiger partial charge in [0.2, 0.25) is 0 Å². The highest BCUT2D eigenvalue weighted by Gasteiger charge is 2.36. The molecule has 1 amide bonds. The molecule has 0 radical (unpaired) electrons. The lowest BCUT2D eigenvalue weighted by Gasteiger charge is -2.31. The number of nitrogens with one attached hydrogen (secondary N) is 1. The van der Waals surface area contributed by atoms with Crippen LogP contribution in [0.15, 0.2) is 18.2 Å². The number of benzene rings is 1. The summed E-state index contributed by atoms with van der Waals surface area (Å²) >= 11 is 0. The van der Waals surface area contributed by atoms with E-state index in [1.807, 2.05) is 4.90 Å². The van der Waals surface area contributed by atoms with E-state index in [0.29, 0.717) is 12.6 Å². The summed E-state index contributed by atoms with van der Waals surface area (Å²) in [6, 6.07) is 4.98. The number of hydrogen-bond acceptors (Lipinski definition) is 4. The molecule has 1 saturated carbocycles. The summed E-state index contributed by atoms with van der Waals surface area (Å²) in [4.78, 5) is 14.5. The minimum absolute atomic E-state index is 0.0280. The molecule has 1 aliphatic carbocycles. The van der Waals surface area contributed by atoms with Crippen LogP contribution in [0.1, 0.15) is 42.5 Å². The van der Waals surface area contributed by atoms with Crippen molar-refractivity contribution < 1.29 is 15.0 Å². The van der Waals surface area contributed by atoms with Crippen LogP contribution in [-0.4, -0.2) is 46.2 Å². The van der Waals surface area contributed by atoms with E-state index in [2.05, 4.69) is 5.32 Å². The molecular formula is C16H22N2O3. The number of piperidine rings is 1. The molecule has 2 fully saturated rings. The fraction of sp³-hybridized carbons (Fsp3) is 0.562. The molecule has 1 aromatic carbocycles. The first-order chi connectivity index (χ1) is 10.2. The number of carbonyl (C=O) groups excluding carboxylic acids is 1. The summed E-state index contributed by atoms with van der Waals surface area (Å²) < 4.78 is 0. The summed E-state index contributed by atoms with van der Waals surface area (Å²) in [7, 11) is 0. The molecule has 21 heavy (non-hydrogen) atoms. The molecule has 1 heterocycles. The van der Waals surface area contributed by atoms with Gasteiger partial charge in [0.1, 0.15) is 17.1 Å². The highest BCUT2D eigenvalue weighted by molar-refractivity contribution is 5.99. The SMILES string of the molecule is O=C(c1c(O)cccc1O)N(CC1CCCCN1)C1CC1. The fourth-order valence-electron chi connectivity index (χ4n) is 2.99. The summed E-state index contributed by atoms with van der Waals surface area (Å²) in [5.74, 6) is -0.565. The molecule has 1 aromatic rings. The Labute approximate surface area is 124 Å². The third-order valence-electron chi connectivity index (χ3n) is 4.31. The van der Waals surface area contributed by atoms with Gasteiger partial charge in [0, 0.05) is 18.6 Å². The third-order valence-corrected chi connectivity index (χ3v) is 4.31. The van der Waals surface area contributed by atoms with E-state index in [1.54, 1.807) is 0 Å². The van der Waals surface area contributed by atoms with E-state index in [4.69, 9.17) is 0 Å². The number of hydrogen-bond donors (Lipinski definition) is 3. The van der Waals surface area contributed by atoms with E-state index in [1.165, 1.54) is 31.0 Å². The van der Waals surface area contributed by atoms with Gasteiger partial charge in [-0.2, -0.15) is 0 Å². The molecule has 1 aliphatic heterocycles. The molecule has 0 bridgehead atoms. The van der Waals surface area contributed by atoms with Crippen molar-refractivity contribution >= 4 is 5.91 Å². The number of amides is 1. The van der Waals surface area contributed by atoms with Crippen LogP contribution in [0, 0.1) is 0 Å². The molecule has 1 saturated heterocycles. The van der Waals surface area contributed by atoms with Gasteiger partial charge in [-0.3, -0.25) is 4.79 Å². The smallest absolute Gasteiger partial charge is 0.261 e. The second-order valence-electron chi connectivity index (χ2n) is 6.01. The Hall–Kier alpha value is -1.75. The van der Waals surface area contributed by atoms with Crippen LogP contribution in [0.2, 0.25) is 0 Å². The lowest BCUT2D eigenvalue weighted by Crippen LogP contribution is -2.46. The Morgan fingerprint density at radius 2 is 1.90 bits per heavy atom. The van der Waals surface area contributed by atoms with Gasteiger partial charge in [-0.05, 0) is 44.4 Å². The van der Waals surface area contributed by atoms with Crippen LogP contribution >= 0.6 is 0 Å². The number of rotatable bonds is 4. The predicted octanol–water partition coefficient (Wildman–Crippen LogP) is 1.84. The molecule has 5 nitrogen and oxygen atoms in total. The van der Waals surface area contributed by atoms with Crippen molar-refractivity contribution in [2.24, 2.45) is 0 Å². The first kappa shape index (κ1) is 14.2. The molecule has 1 atom stereocenters. The van der Waals surface area contributed by atoms with E-state index >= 15 is 0 Å². The maximum absolute atomic E-state index is 12.7. The van der Waals surface area contributed by atoms with Crippen LogP contribution in [0.3, 0.4) is 0 Å².